The molecule has 6 heteroatoms. The van der Waals surface area contributed by atoms with Gasteiger partial charge in [-0.1, -0.05) is 41.4 Å². The van der Waals surface area contributed by atoms with E-state index in [9.17, 15) is 0 Å². The first-order valence-electron chi connectivity index (χ1n) is 6.39. The van der Waals surface area contributed by atoms with Crippen LogP contribution in [0, 0.1) is 11.3 Å². The second-order valence-electron chi connectivity index (χ2n) is 4.52. The number of hydrogen-bond acceptors (Lipinski definition) is 4. The highest BCUT2D eigenvalue weighted by molar-refractivity contribution is 6.38. The minimum atomic E-state index is 0.222. The average molecular weight is 330 g/mol. The molecule has 1 aromatic heterocycles. The van der Waals surface area contributed by atoms with Crippen LogP contribution in [0.4, 0.5) is 0 Å². The SMILES string of the molecule is N#Cc1ccccc1COc1ncnc2c(Cl)cc(Cl)cc12. The molecule has 0 atom stereocenters. The van der Waals surface area contributed by atoms with Crippen LogP contribution in [0.1, 0.15) is 11.1 Å². The maximum absolute atomic E-state index is 9.09. The quantitative estimate of drug-likeness (QED) is 0.715. The van der Waals surface area contributed by atoms with Crippen molar-refractivity contribution in [2.24, 2.45) is 0 Å². The van der Waals surface area contributed by atoms with Crippen molar-refractivity contribution in [2.75, 3.05) is 0 Å². The van der Waals surface area contributed by atoms with Gasteiger partial charge in [0.05, 0.1) is 27.6 Å². The van der Waals surface area contributed by atoms with Gasteiger partial charge >= 0.3 is 0 Å². The number of fused-ring (bicyclic) bond motifs is 1. The topological polar surface area (TPSA) is 58.8 Å². The van der Waals surface area contributed by atoms with E-state index in [4.69, 9.17) is 33.2 Å². The summed E-state index contributed by atoms with van der Waals surface area (Å²) in [6.07, 6.45) is 1.38. The van der Waals surface area contributed by atoms with Gasteiger partial charge in [-0.05, 0) is 18.2 Å². The van der Waals surface area contributed by atoms with Gasteiger partial charge in [-0.3, -0.25) is 0 Å². The summed E-state index contributed by atoms with van der Waals surface area (Å²) < 4.78 is 5.74. The zero-order valence-electron chi connectivity index (χ0n) is 11.3. The van der Waals surface area contributed by atoms with Crippen LogP contribution in [0.25, 0.3) is 10.9 Å². The van der Waals surface area contributed by atoms with Crippen molar-refractivity contribution in [2.45, 2.75) is 6.61 Å². The normalized spacial score (nSPS) is 10.4. The smallest absolute Gasteiger partial charge is 0.224 e. The third-order valence-corrected chi connectivity index (χ3v) is 3.63. The molecule has 0 saturated heterocycles. The minimum Gasteiger partial charge on any atom is -0.472 e. The molecule has 0 aliphatic heterocycles. The maximum Gasteiger partial charge on any atom is 0.224 e. The Hall–Kier alpha value is -2.35. The lowest BCUT2D eigenvalue weighted by atomic mass is 10.1. The molecule has 22 heavy (non-hydrogen) atoms. The highest BCUT2D eigenvalue weighted by Crippen LogP contribution is 2.31. The van der Waals surface area contributed by atoms with Gasteiger partial charge < -0.3 is 4.74 Å². The first-order chi connectivity index (χ1) is 10.7. The van der Waals surface area contributed by atoms with E-state index >= 15 is 0 Å². The molecule has 4 nitrogen and oxygen atoms in total. The Kier molecular flexibility index (Phi) is 4.10. The predicted molar refractivity (Wildman–Crippen MR) is 85.0 cm³/mol. The molecule has 1 heterocycles. The average Bonchev–Trinajstić information content (AvgIpc) is 2.53. The minimum absolute atomic E-state index is 0.222. The van der Waals surface area contributed by atoms with Gasteiger partial charge in [0.15, 0.2) is 0 Å². The van der Waals surface area contributed by atoms with E-state index < -0.39 is 0 Å². The number of hydrogen-bond donors (Lipinski definition) is 0. The fraction of sp³-hybridized carbons (Fsp3) is 0.0625. The zero-order chi connectivity index (χ0) is 15.5. The Labute approximate surface area is 136 Å². The van der Waals surface area contributed by atoms with Crippen LogP contribution in [0.3, 0.4) is 0 Å². The van der Waals surface area contributed by atoms with Crippen molar-refractivity contribution < 1.29 is 4.74 Å². The van der Waals surface area contributed by atoms with Gasteiger partial charge in [-0.25, -0.2) is 9.97 Å². The summed E-state index contributed by atoms with van der Waals surface area (Å²) in [4.78, 5) is 8.26. The molecule has 0 N–H and O–H groups in total. The summed E-state index contributed by atoms with van der Waals surface area (Å²) in [5.74, 6) is 0.377. The Morgan fingerprint density at radius 2 is 1.95 bits per heavy atom. The Balaban J connectivity index is 1.96. The highest BCUT2D eigenvalue weighted by atomic mass is 35.5. The molecule has 2 aromatic carbocycles. The van der Waals surface area contributed by atoms with Crippen molar-refractivity contribution in [3.8, 4) is 11.9 Å². The lowest BCUT2D eigenvalue weighted by Crippen LogP contribution is -2.00. The highest BCUT2D eigenvalue weighted by Gasteiger charge is 2.10. The number of benzene rings is 2. The summed E-state index contributed by atoms with van der Waals surface area (Å²) in [7, 11) is 0. The third kappa shape index (κ3) is 2.82. The van der Waals surface area contributed by atoms with E-state index in [2.05, 4.69) is 16.0 Å². The Morgan fingerprint density at radius 3 is 2.77 bits per heavy atom. The van der Waals surface area contributed by atoms with Gasteiger partial charge in [0, 0.05) is 10.6 Å². The summed E-state index contributed by atoms with van der Waals surface area (Å²) in [5, 5.41) is 10.6. The van der Waals surface area contributed by atoms with Crippen LogP contribution in [-0.4, -0.2) is 9.97 Å². The summed E-state index contributed by atoms with van der Waals surface area (Å²) in [6.45, 7) is 0.222. The van der Waals surface area contributed by atoms with E-state index in [1.54, 1.807) is 18.2 Å². The molecule has 3 rings (SSSR count). The lowest BCUT2D eigenvalue weighted by molar-refractivity contribution is 0.297. The fourth-order valence-electron chi connectivity index (χ4n) is 2.09. The summed E-state index contributed by atoms with van der Waals surface area (Å²) in [6, 6.07) is 12.7. The standard InChI is InChI=1S/C16H9Cl2N3O/c17-12-5-13-15(14(18)6-12)20-9-21-16(13)22-8-11-4-2-1-3-10(11)7-19/h1-6,9H,8H2. The molecule has 0 fully saturated rings. The van der Waals surface area contributed by atoms with E-state index in [0.717, 1.165) is 5.56 Å². The number of aromatic nitrogens is 2. The molecular weight excluding hydrogens is 321 g/mol. The van der Waals surface area contributed by atoms with Crippen molar-refractivity contribution in [1.29, 1.82) is 5.26 Å². The first kappa shape index (κ1) is 14.6. The molecule has 0 spiro atoms. The largest absolute Gasteiger partial charge is 0.472 e. The van der Waals surface area contributed by atoms with E-state index in [1.807, 2.05) is 18.2 Å². The van der Waals surface area contributed by atoms with E-state index in [-0.39, 0.29) is 6.61 Å². The maximum atomic E-state index is 9.09. The number of nitriles is 1. The molecule has 0 bridgehead atoms. The fourth-order valence-corrected chi connectivity index (χ4v) is 2.63. The van der Waals surface area contributed by atoms with Gasteiger partial charge in [-0.2, -0.15) is 5.26 Å². The monoisotopic (exact) mass is 329 g/mol. The Bertz CT molecular complexity index is 890. The van der Waals surface area contributed by atoms with Crippen LogP contribution >= 0.6 is 23.2 Å². The number of rotatable bonds is 3. The van der Waals surface area contributed by atoms with Crippen LogP contribution in [0.15, 0.2) is 42.7 Å². The first-order valence-corrected chi connectivity index (χ1v) is 7.15. The molecule has 0 amide bonds. The molecule has 0 aliphatic carbocycles. The molecule has 0 aliphatic rings. The molecule has 0 saturated carbocycles. The van der Waals surface area contributed by atoms with E-state index in [0.29, 0.717) is 32.4 Å². The number of halogens is 2. The van der Waals surface area contributed by atoms with Gasteiger partial charge in [0.25, 0.3) is 0 Å². The van der Waals surface area contributed by atoms with Gasteiger partial charge in [0.1, 0.15) is 12.9 Å². The molecule has 0 radical (unpaired) electrons. The lowest BCUT2D eigenvalue weighted by Gasteiger charge is -2.09. The molecular formula is C16H9Cl2N3O. The van der Waals surface area contributed by atoms with Crippen molar-refractivity contribution >= 4 is 34.1 Å². The van der Waals surface area contributed by atoms with Crippen LogP contribution in [-0.2, 0) is 6.61 Å². The predicted octanol–water partition coefficient (Wildman–Crippen LogP) is 4.39. The summed E-state index contributed by atoms with van der Waals surface area (Å²) in [5.41, 5.74) is 1.92. The van der Waals surface area contributed by atoms with Crippen molar-refractivity contribution in [3.05, 3.63) is 63.9 Å². The molecule has 3 aromatic rings. The number of nitrogens with zero attached hydrogens (tertiary/aromatic N) is 3. The second-order valence-corrected chi connectivity index (χ2v) is 5.36. The van der Waals surface area contributed by atoms with Crippen molar-refractivity contribution in [1.82, 2.24) is 9.97 Å². The zero-order valence-corrected chi connectivity index (χ0v) is 12.8. The third-order valence-electron chi connectivity index (χ3n) is 3.12. The summed E-state index contributed by atoms with van der Waals surface area (Å²) >= 11 is 12.1. The van der Waals surface area contributed by atoms with E-state index in [1.165, 1.54) is 6.33 Å². The van der Waals surface area contributed by atoms with Gasteiger partial charge in [0.2, 0.25) is 5.88 Å². The van der Waals surface area contributed by atoms with Crippen molar-refractivity contribution in [3.63, 3.8) is 0 Å². The van der Waals surface area contributed by atoms with Crippen LogP contribution in [0.5, 0.6) is 5.88 Å². The molecule has 108 valence electrons. The number of ether oxygens (including phenoxy) is 1. The Morgan fingerprint density at radius 1 is 1.14 bits per heavy atom. The molecule has 0 unspecified atom stereocenters. The van der Waals surface area contributed by atoms with Crippen LogP contribution in [0.2, 0.25) is 10.0 Å². The second kappa shape index (κ2) is 6.18. The van der Waals surface area contributed by atoms with Crippen LogP contribution < -0.4 is 4.74 Å². The van der Waals surface area contributed by atoms with Gasteiger partial charge in [-0.15, -0.1) is 0 Å².